The van der Waals surface area contributed by atoms with E-state index in [1.165, 1.54) is 18.2 Å². The predicted molar refractivity (Wildman–Crippen MR) is 81.0 cm³/mol. The molecule has 2 aromatic carbocycles. The highest BCUT2D eigenvalue weighted by Crippen LogP contribution is 2.31. The maximum absolute atomic E-state index is 14.2. The third-order valence-corrected chi connectivity index (χ3v) is 4.14. The van der Waals surface area contributed by atoms with Crippen molar-refractivity contribution in [1.82, 2.24) is 5.32 Å². The number of halogens is 4. The first-order valence-electron chi connectivity index (χ1n) is 6.16. The fourth-order valence-corrected chi connectivity index (χ4v) is 2.54. The van der Waals surface area contributed by atoms with Gasteiger partial charge in [0.25, 0.3) is 0 Å². The maximum Gasteiger partial charge on any atom is 0.129 e. The van der Waals surface area contributed by atoms with Crippen LogP contribution in [0.2, 0.25) is 5.02 Å². The smallest absolute Gasteiger partial charge is 0.129 e. The van der Waals surface area contributed by atoms with Crippen LogP contribution in [0.5, 0.6) is 0 Å². The van der Waals surface area contributed by atoms with Crippen LogP contribution in [0.25, 0.3) is 0 Å². The van der Waals surface area contributed by atoms with E-state index in [1.807, 2.05) is 6.92 Å². The minimum absolute atomic E-state index is 0.353. The molecular weight excluding hydrogens is 348 g/mol. The highest BCUT2D eigenvalue weighted by Gasteiger charge is 2.19. The fourth-order valence-electron chi connectivity index (χ4n) is 2.06. The van der Waals surface area contributed by atoms with Gasteiger partial charge in [0.15, 0.2) is 0 Å². The van der Waals surface area contributed by atoms with Gasteiger partial charge in [-0.1, -0.05) is 30.7 Å². The van der Waals surface area contributed by atoms with Crippen molar-refractivity contribution in [2.24, 2.45) is 0 Å². The predicted octanol–water partition coefficient (Wildman–Crippen LogP) is 5.08. The van der Waals surface area contributed by atoms with Crippen molar-refractivity contribution in [2.75, 3.05) is 6.54 Å². The van der Waals surface area contributed by atoms with Crippen LogP contribution in [-0.4, -0.2) is 6.54 Å². The molecule has 1 nitrogen and oxygen atoms in total. The molecule has 1 atom stereocenters. The van der Waals surface area contributed by atoms with Crippen LogP contribution >= 0.6 is 27.5 Å². The zero-order chi connectivity index (χ0) is 14.7. The first-order valence-corrected chi connectivity index (χ1v) is 7.33. The molecule has 0 aliphatic carbocycles. The number of benzene rings is 2. The molecule has 0 aliphatic rings. The van der Waals surface area contributed by atoms with E-state index in [1.54, 1.807) is 18.2 Å². The van der Waals surface area contributed by atoms with Crippen LogP contribution in [0.3, 0.4) is 0 Å². The van der Waals surface area contributed by atoms with Crippen molar-refractivity contribution < 1.29 is 8.78 Å². The quantitative estimate of drug-likeness (QED) is 0.750. The number of nitrogens with one attached hydrogen (secondary N) is 1. The van der Waals surface area contributed by atoms with E-state index in [-0.39, 0.29) is 5.82 Å². The Balaban J connectivity index is 2.51. The molecule has 106 valence electrons. The summed E-state index contributed by atoms with van der Waals surface area (Å²) >= 11 is 9.22. The van der Waals surface area contributed by atoms with Crippen LogP contribution in [0.15, 0.2) is 40.9 Å². The molecule has 0 aliphatic heterocycles. The Kier molecular flexibility index (Phi) is 5.13. The largest absolute Gasteiger partial charge is 0.306 e. The molecule has 0 spiro atoms. The van der Waals surface area contributed by atoms with Gasteiger partial charge >= 0.3 is 0 Å². The summed E-state index contributed by atoms with van der Waals surface area (Å²) in [5.41, 5.74) is 1.05. The third-order valence-electron chi connectivity index (χ3n) is 2.94. The standard InChI is InChI=1S/C15H13BrClF2N/c1-2-20-15(9-4-3-5-10(18)6-9)11-7-13(17)12(16)8-14(11)19/h3-8,15,20H,2H2,1H3. The van der Waals surface area contributed by atoms with Crippen molar-refractivity contribution >= 4 is 27.5 Å². The van der Waals surface area contributed by atoms with Crippen LogP contribution in [0.1, 0.15) is 24.1 Å². The summed E-state index contributed by atoms with van der Waals surface area (Å²) in [6.07, 6.45) is 0. The number of rotatable bonds is 4. The maximum atomic E-state index is 14.2. The summed E-state index contributed by atoms with van der Waals surface area (Å²) in [6, 6.07) is 8.54. The molecule has 0 amide bonds. The van der Waals surface area contributed by atoms with E-state index in [4.69, 9.17) is 11.6 Å². The summed E-state index contributed by atoms with van der Waals surface area (Å²) in [6.45, 7) is 2.53. The summed E-state index contributed by atoms with van der Waals surface area (Å²) in [7, 11) is 0. The van der Waals surface area contributed by atoms with E-state index in [0.717, 1.165) is 0 Å². The molecule has 0 bridgehead atoms. The van der Waals surface area contributed by atoms with Crippen molar-refractivity contribution in [3.63, 3.8) is 0 Å². The van der Waals surface area contributed by atoms with E-state index < -0.39 is 11.9 Å². The minimum atomic E-state index is -0.443. The van der Waals surface area contributed by atoms with Gasteiger partial charge < -0.3 is 5.32 Å². The minimum Gasteiger partial charge on any atom is -0.306 e. The lowest BCUT2D eigenvalue weighted by atomic mass is 9.98. The SMILES string of the molecule is CCNC(c1cccc(F)c1)c1cc(Cl)c(Br)cc1F. The van der Waals surface area contributed by atoms with Crippen LogP contribution in [-0.2, 0) is 0 Å². The number of hydrogen-bond donors (Lipinski definition) is 1. The molecule has 5 heteroatoms. The second kappa shape index (κ2) is 6.66. The summed E-state index contributed by atoms with van der Waals surface area (Å²) < 4.78 is 28.0. The lowest BCUT2D eigenvalue weighted by Gasteiger charge is -2.20. The van der Waals surface area contributed by atoms with E-state index in [9.17, 15) is 8.78 Å². The van der Waals surface area contributed by atoms with Gasteiger partial charge in [0.2, 0.25) is 0 Å². The Morgan fingerprint density at radius 3 is 2.65 bits per heavy atom. The lowest BCUT2D eigenvalue weighted by Crippen LogP contribution is -2.23. The molecule has 2 aromatic rings. The zero-order valence-electron chi connectivity index (χ0n) is 10.8. The van der Waals surface area contributed by atoms with Crippen molar-refractivity contribution in [3.8, 4) is 0 Å². The molecule has 1 unspecified atom stereocenters. The average Bonchev–Trinajstić information content (AvgIpc) is 2.40. The summed E-state index contributed by atoms with van der Waals surface area (Å²) in [5, 5.41) is 3.57. The van der Waals surface area contributed by atoms with Gasteiger partial charge in [-0.15, -0.1) is 0 Å². The molecule has 0 aromatic heterocycles. The Morgan fingerprint density at radius 2 is 2.00 bits per heavy atom. The molecule has 1 N–H and O–H groups in total. The van der Waals surface area contributed by atoms with Gasteiger partial charge in [0, 0.05) is 10.0 Å². The highest BCUT2D eigenvalue weighted by molar-refractivity contribution is 9.10. The Morgan fingerprint density at radius 1 is 1.25 bits per heavy atom. The first kappa shape index (κ1) is 15.4. The van der Waals surface area contributed by atoms with Gasteiger partial charge in [-0.05, 0) is 52.3 Å². The fraction of sp³-hybridized carbons (Fsp3) is 0.200. The highest BCUT2D eigenvalue weighted by atomic mass is 79.9. The van der Waals surface area contributed by atoms with Crippen LogP contribution in [0.4, 0.5) is 8.78 Å². The molecule has 0 saturated heterocycles. The molecular formula is C15H13BrClF2N. The Hall–Kier alpha value is -0.970. The van der Waals surface area contributed by atoms with Crippen molar-refractivity contribution in [3.05, 3.63) is 68.7 Å². The zero-order valence-corrected chi connectivity index (χ0v) is 13.1. The first-order chi connectivity index (χ1) is 9.52. The van der Waals surface area contributed by atoms with Crippen LogP contribution in [0, 0.1) is 11.6 Å². The van der Waals surface area contributed by atoms with Crippen molar-refractivity contribution in [2.45, 2.75) is 13.0 Å². The van der Waals surface area contributed by atoms with Gasteiger partial charge in [-0.3, -0.25) is 0 Å². The third kappa shape index (κ3) is 3.37. The monoisotopic (exact) mass is 359 g/mol. The van der Waals surface area contributed by atoms with Gasteiger partial charge in [0.1, 0.15) is 11.6 Å². The van der Waals surface area contributed by atoms with Crippen molar-refractivity contribution in [1.29, 1.82) is 0 Å². The lowest BCUT2D eigenvalue weighted by molar-refractivity contribution is 0.554. The molecule has 0 fully saturated rings. The summed E-state index contributed by atoms with van der Waals surface area (Å²) in [5.74, 6) is -0.745. The molecule has 0 heterocycles. The normalized spacial score (nSPS) is 12.4. The van der Waals surface area contributed by atoms with E-state index in [2.05, 4.69) is 21.2 Å². The van der Waals surface area contributed by atoms with Gasteiger partial charge in [-0.2, -0.15) is 0 Å². The molecule has 0 saturated carbocycles. The molecule has 0 radical (unpaired) electrons. The van der Waals surface area contributed by atoms with Gasteiger partial charge in [0.05, 0.1) is 11.1 Å². The van der Waals surface area contributed by atoms with E-state index in [0.29, 0.717) is 27.2 Å². The second-order valence-corrected chi connectivity index (χ2v) is 5.60. The second-order valence-electron chi connectivity index (χ2n) is 4.33. The Labute approximate surface area is 130 Å². The molecule has 2 rings (SSSR count). The number of hydrogen-bond acceptors (Lipinski definition) is 1. The Bertz CT molecular complexity index is 619. The van der Waals surface area contributed by atoms with E-state index >= 15 is 0 Å². The van der Waals surface area contributed by atoms with Gasteiger partial charge in [-0.25, -0.2) is 8.78 Å². The topological polar surface area (TPSA) is 12.0 Å². The molecule has 20 heavy (non-hydrogen) atoms. The summed E-state index contributed by atoms with van der Waals surface area (Å²) in [4.78, 5) is 0. The van der Waals surface area contributed by atoms with Crippen LogP contribution < -0.4 is 5.32 Å². The average molecular weight is 361 g/mol.